The van der Waals surface area contributed by atoms with Crippen molar-refractivity contribution in [1.82, 2.24) is 0 Å². The predicted octanol–water partition coefficient (Wildman–Crippen LogP) is 4.88. The second kappa shape index (κ2) is 5.50. The van der Waals surface area contributed by atoms with Crippen LogP contribution >= 0.6 is 8.69 Å². The van der Waals surface area contributed by atoms with E-state index in [4.69, 9.17) is 9.26 Å². The highest BCUT2D eigenvalue weighted by Crippen LogP contribution is 2.43. The molecule has 19 heavy (non-hydrogen) atoms. The van der Waals surface area contributed by atoms with Gasteiger partial charge in [-0.2, -0.15) is 0 Å². The molecule has 0 heterocycles. The molecular formula is C15H23O3P. The molecule has 0 aromatic heterocycles. The van der Waals surface area contributed by atoms with E-state index in [2.05, 4.69) is 41.5 Å². The molecule has 0 saturated carbocycles. The fraction of sp³-hybridized carbons (Fsp3) is 0.600. The van der Waals surface area contributed by atoms with Gasteiger partial charge in [0.25, 0.3) is 0 Å². The minimum Gasteiger partial charge on any atom is -0.497 e. The molecule has 0 atom stereocenters. The molecule has 0 unspecified atom stereocenters. The summed E-state index contributed by atoms with van der Waals surface area (Å²) in [5.74, 6) is 1.49. The lowest BCUT2D eigenvalue weighted by molar-refractivity contribution is 0.406. The van der Waals surface area contributed by atoms with Crippen LogP contribution in [0.3, 0.4) is 0 Å². The summed E-state index contributed by atoms with van der Waals surface area (Å²) < 4.78 is 21.7. The lowest BCUT2D eigenvalue weighted by atomic mass is 9.79. The first-order valence-corrected chi connectivity index (χ1v) is 7.07. The average Bonchev–Trinajstić information content (AvgIpc) is 2.26. The zero-order chi connectivity index (χ0) is 14.8. The summed E-state index contributed by atoms with van der Waals surface area (Å²) in [5, 5.41) is 0. The third kappa shape index (κ3) is 3.70. The third-order valence-corrected chi connectivity index (χ3v) is 3.30. The second-order valence-electron chi connectivity index (χ2n) is 6.72. The Balaban J connectivity index is 3.65. The molecule has 1 aromatic rings. The van der Waals surface area contributed by atoms with Crippen molar-refractivity contribution >= 4 is 8.69 Å². The number of hydrogen-bond acceptors (Lipinski definition) is 3. The first kappa shape index (κ1) is 16.0. The zero-order valence-corrected chi connectivity index (χ0v) is 13.7. The van der Waals surface area contributed by atoms with Crippen molar-refractivity contribution in [3.63, 3.8) is 0 Å². The number of methoxy groups -OCH3 is 1. The van der Waals surface area contributed by atoms with E-state index >= 15 is 0 Å². The summed E-state index contributed by atoms with van der Waals surface area (Å²) in [7, 11) is 1.32. The Labute approximate surface area is 117 Å². The lowest BCUT2D eigenvalue weighted by Gasteiger charge is -2.28. The van der Waals surface area contributed by atoms with Crippen molar-refractivity contribution in [3.05, 3.63) is 23.3 Å². The standard InChI is InChI=1S/C15H23O3P/c1-14(2,3)11-8-10(17-7)9-12(15(4,5)6)13(11)18-19-16/h8-9H,1-7H3. The fourth-order valence-corrected chi connectivity index (χ4v) is 2.24. The highest BCUT2D eigenvalue weighted by atomic mass is 31.1. The van der Waals surface area contributed by atoms with Crippen molar-refractivity contribution < 1.29 is 13.8 Å². The first-order chi connectivity index (χ1) is 8.61. The molecule has 3 nitrogen and oxygen atoms in total. The summed E-state index contributed by atoms with van der Waals surface area (Å²) in [5.41, 5.74) is 1.77. The van der Waals surface area contributed by atoms with Gasteiger partial charge in [-0.05, 0) is 23.0 Å². The van der Waals surface area contributed by atoms with Gasteiger partial charge in [-0.3, -0.25) is 0 Å². The maximum Gasteiger partial charge on any atom is 0.395 e. The Morgan fingerprint density at radius 2 is 1.37 bits per heavy atom. The van der Waals surface area contributed by atoms with Gasteiger partial charge < -0.3 is 9.26 Å². The summed E-state index contributed by atoms with van der Waals surface area (Å²) in [6, 6.07) is 3.91. The molecule has 0 N–H and O–H groups in total. The molecule has 106 valence electrons. The smallest absolute Gasteiger partial charge is 0.395 e. The molecule has 1 aromatic carbocycles. The van der Waals surface area contributed by atoms with Crippen molar-refractivity contribution in [3.8, 4) is 11.5 Å². The number of benzene rings is 1. The third-order valence-electron chi connectivity index (χ3n) is 3.04. The molecule has 1 rings (SSSR count). The van der Waals surface area contributed by atoms with Gasteiger partial charge in [0.1, 0.15) is 11.5 Å². The van der Waals surface area contributed by atoms with Crippen LogP contribution in [0, 0.1) is 0 Å². The van der Waals surface area contributed by atoms with Crippen LogP contribution < -0.4 is 9.26 Å². The molecule has 0 aliphatic heterocycles. The molecule has 0 radical (unpaired) electrons. The summed E-state index contributed by atoms with van der Waals surface area (Å²) in [6.07, 6.45) is 0. The highest BCUT2D eigenvalue weighted by Gasteiger charge is 2.28. The van der Waals surface area contributed by atoms with Crippen LogP contribution in [0.25, 0.3) is 0 Å². The molecule has 0 fully saturated rings. The van der Waals surface area contributed by atoms with E-state index in [0.29, 0.717) is 5.75 Å². The van der Waals surface area contributed by atoms with Gasteiger partial charge in [0.15, 0.2) is 0 Å². The van der Waals surface area contributed by atoms with Crippen molar-refractivity contribution in [2.75, 3.05) is 7.11 Å². The minimum absolute atomic E-state index is 0.117. The maximum absolute atomic E-state index is 10.9. The van der Waals surface area contributed by atoms with E-state index in [0.717, 1.165) is 16.9 Å². The Kier molecular flexibility index (Phi) is 4.63. The topological polar surface area (TPSA) is 35.5 Å². The maximum atomic E-state index is 10.9. The van der Waals surface area contributed by atoms with E-state index in [1.165, 1.54) is 0 Å². The Morgan fingerprint density at radius 1 is 0.947 bits per heavy atom. The van der Waals surface area contributed by atoms with Gasteiger partial charge in [-0.15, -0.1) is 0 Å². The molecule has 0 bridgehead atoms. The largest absolute Gasteiger partial charge is 0.497 e. The number of rotatable bonds is 3. The van der Waals surface area contributed by atoms with E-state index in [9.17, 15) is 4.57 Å². The first-order valence-electron chi connectivity index (χ1n) is 6.34. The van der Waals surface area contributed by atoms with Gasteiger partial charge in [-0.1, -0.05) is 41.5 Å². The van der Waals surface area contributed by atoms with Gasteiger partial charge >= 0.3 is 8.69 Å². The highest BCUT2D eigenvalue weighted by molar-refractivity contribution is 7.17. The van der Waals surface area contributed by atoms with Crippen LogP contribution in [0.5, 0.6) is 11.5 Å². The minimum atomic E-state index is -0.335. The van der Waals surface area contributed by atoms with Gasteiger partial charge in [0, 0.05) is 11.1 Å². The number of hydrogen-bond donors (Lipinski definition) is 0. The molecule has 0 aliphatic rings. The van der Waals surface area contributed by atoms with Gasteiger partial charge in [0.05, 0.1) is 7.11 Å². The normalized spacial score (nSPS) is 12.6. The molecule has 0 amide bonds. The second-order valence-corrected chi connectivity index (χ2v) is 7.05. The van der Waals surface area contributed by atoms with Crippen molar-refractivity contribution in [2.24, 2.45) is 0 Å². The van der Waals surface area contributed by atoms with Crippen LogP contribution in [0.2, 0.25) is 0 Å². The van der Waals surface area contributed by atoms with Crippen molar-refractivity contribution in [2.45, 2.75) is 52.4 Å². The molecule has 4 heteroatoms. The number of ether oxygens (including phenoxy) is 1. The SMILES string of the molecule is COc1cc(C(C)(C)C)c(OP=O)c(C(C)(C)C)c1. The molecular weight excluding hydrogens is 259 g/mol. The Morgan fingerprint density at radius 3 is 1.63 bits per heavy atom. The van der Waals surface area contributed by atoms with Gasteiger partial charge in [-0.25, -0.2) is 4.57 Å². The Hall–Kier alpha value is -1.08. The van der Waals surface area contributed by atoms with Crippen molar-refractivity contribution in [1.29, 1.82) is 0 Å². The summed E-state index contributed by atoms with van der Waals surface area (Å²) in [4.78, 5) is 0. The van der Waals surface area contributed by atoms with Crippen LogP contribution in [-0.4, -0.2) is 7.11 Å². The van der Waals surface area contributed by atoms with Crippen LogP contribution in [0.4, 0.5) is 0 Å². The molecule has 0 spiro atoms. The summed E-state index contributed by atoms with van der Waals surface area (Å²) >= 11 is 0. The predicted molar refractivity (Wildman–Crippen MR) is 78.6 cm³/mol. The zero-order valence-electron chi connectivity index (χ0n) is 12.8. The lowest BCUT2D eigenvalue weighted by Crippen LogP contribution is -2.18. The fourth-order valence-electron chi connectivity index (χ4n) is 1.97. The van der Waals surface area contributed by atoms with Crippen LogP contribution in [-0.2, 0) is 15.4 Å². The monoisotopic (exact) mass is 282 g/mol. The average molecular weight is 282 g/mol. The van der Waals surface area contributed by atoms with E-state index < -0.39 is 0 Å². The molecule has 0 saturated heterocycles. The van der Waals surface area contributed by atoms with Crippen LogP contribution in [0.1, 0.15) is 52.7 Å². The van der Waals surface area contributed by atoms with Crippen LogP contribution in [0.15, 0.2) is 12.1 Å². The van der Waals surface area contributed by atoms with Gasteiger partial charge in [0.2, 0.25) is 0 Å². The molecule has 0 aliphatic carbocycles. The van der Waals surface area contributed by atoms with E-state index in [1.54, 1.807) is 7.11 Å². The van der Waals surface area contributed by atoms with E-state index in [1.807, 2.05) is 12.1 Å². The Bertz CT molecular complexity index is 432. The summed E-state index contributed by atoms with van der Waals surface area (Å²) in [6.45, 7) is 12.6. The quantitative estimate of drug-likeness (QED) is 0.741. The van der Waals surface area contributed by atoms with E-state index in [-0.39, 0.29) is 19.5 Å².